The monoisotopic (exact) mass is 436 g/mol. The largest absolute Gasteiger partial charge is 0.389 e. The van der Waals surface area contributed by atoms with Gasteiger partial charge < -0.3 is 34.6 Å². The number of fused-ring (bicyclic) bond motifs is 1. The van der Waals surface area contributed by atoms with E-state index in [0.29, 0.717) is 42.3 Å². The Hall–Kier alpha value is -2.17. The number of aromatic nitrogens is 1. The van der Waals surface area contributed by atoms with E-state index in [1.54, 1.807) is 18.7 Å². The van der Waals surface area contributed by atoms with Crippen LogP contribution in [0.4, 0.5) is 10.5 Å². The average molecular weight is 437 g/mol. The molecule has 3 aliphatic rings. The lowest BCUT2D eigenvalue weighted by Crippen LogP contribution is -2.58. The van der Waals surface area contributed by atoms with E-state index in [1.807, 2.05) is 0 Å². The topological polar surface area (TPSA) is 126 Å². The summed E-state index contributed by atoms with van der Waals surface area (Å²) in [5.74, 6) is 1.16. The number of aryl methyl sites for hydroxylation is 2. The van der Waals surface area contributed by atoms with Crippen molar-refractivity contribution in [2.24, 2.45) is 5.92 Å². The highest BCUT2D eigenvalue weighted by Crippen LogP contribution is 2.30. The summed E-state index contributed by atoms with van der Waals surface area (Å²) in [7, 11) is 0. The van der Waals surface area contributed by atoms with Crippen molar-refractivity contribution in [2.75, 3.05) is 31.6 Å². The number of hydrogen-bond acceptors (Lipinski definition) is 7. The third-order valence-corrected chi connectivity index (χ3v) is 6.21. The molecule has 0 spiro atoms. The lowest BCUT2D eigenvalue weighted by Gasteiger charge is -2.44. The minimum absolute atomic E-state index is 0.00513. The maximum absolute atomic E-state index is 13.1. The van der Waals surface area contributed by atoms with Crippen LogP contribution < -0.4 is 10.6 Å². The Kier molecular flexibility index (Phi) is 6.78. The first kappa shape index (κ1) is 22.0. The number of urea groups is 1. The summed E-state index contributed by atoms with van der Waals surface area (Å²) in [6.07, 6.45) is 2.66. The van der Waals surface area contributed by atoms with Gasteiger partial charge in [-0.15, -0.1) is 0 Å². The van der Waals surface area contributed by atoms with Gasteiger partial charge in [0.15, 0.2) is 5.76 Å². The van der Waals surface area contributed by atoms with E-state index in [-0.39, 0.29) is 49.9 Å². The van der Waals surface area contributed by atoms with Gasteiger partial charge in [-0.1, -0.05) is 5.16 Å². The first-order chi connectivity index (χ1) is 14.9. The maximum Gasteiger partial charge on any atom is 0.322 e. The number of ether oxygens (including phenoxy) is 2. The number of rotatable bonds is 5. The Balaban J connectivity index is 1.40. The molecule has 3 fully saturated rings. The van der Waals surface area contributed by atoms with E-state index in [0.717, 1.165) is 6.54 Å². The first-order valence-corrected chi connectivity index (χ1v) is 11.1. The number of hydrogen-bond donors (Lipinski definition) is 3. The summed E-state index contributed by atoms with van der Waals surface area (Å²) in [5, 5.41) is 20.0. The molecule has 3 heterocycles. The fraction of sp³-hybridized carbons (Fsp3) is 0.762. The molecule has 1 aromatic rings. The van der Waals surface area contributed by atoms with E-state index in [4.69, 9.17) is 14.0 Å². The van der Waals surface area contributed by atoms with Crippen molar-refractivity contribution in [3.8, 4) is 0 Å². The summed E-state index contributed by atoms with van der Waals surface area (Å²) in [4.78, 5) is 27.0. The van der Waals surface area contributed by atoms with Crippen LogP contribution in [-0.2, 0) is 14.3 Å². The molecule has 1 saturated carbocycles. The molecule has 4 rings (SSSR count). The van der Waals surface area contributed by atoms with E-state index < -0.39 is 6.10 Å². The maximum atomic E-state index is 13.1. The van der Waals surface area contributed by atoms with Crippen LogP contribution in [0, 0.1) is 19.8 Å². The molecule has 2 aliphatic heterocycles. The van der Waals surface area contributed by atoms with Crippen molar-refractivity contribution in [1.29, 1.82) is 0 Å². The first-order valence-electron chi connectivity index (χ1n) is 11.1. The molecule has 4 atom stereocenters. The number of carbonyl (C=O) groups is 2. The van der Waals surface area contributed by atoms with Gasteiger partial charge in [0.05, 0.1) is 44.4 Å². The lowest BCUT2D eigenvalue weighted by atomic mass is 9.95. The quantitative estimate of drug-likeness (QED) is 0.636. The fourth-order valence-electron chi connectivity index (χ4n) is 4.27. The molecule has 10 heteroatoms. The Morgan fingerprint density at radius 1 is 1.19 bits per heavy atom. The lowest BCUT2D eigenvalue weighted by molar-refractivity contribution is -0.149. The molecule has 0 unspecified atom stereocenters. The van der Waals surface area contributed by atoms with Crippen molar-refractivity contribution < 1.29 is 28.7 Å². The van der Waals surface area contributed by atoms with Crippen LogP contribution in [-0.4, -0.2) is 77.8 Å². The molecule has 0 bridgehead atoms. The van der Waals surface area contributed by atoms with E-state index in [1.165, 1.54) is 12.8 Å². The van der Waals surface area contributed by atoms with Gasteiger partial charge in [-0.2, -0.15) is 0 Å². The third-order valence-electron chi connectivity index (χ3n) is 6.21. The second-order valence-electron chi connectivity index (χ2n) is 8.87. The highest BCUT2D eigenvalue weighted by molar-refractivity contribution is 5.90. The predicted molar refractivity (Wildman–Crippen MR) is 111 cm³/mol. The number of carbonyl (C=O) groups excluding carboxylic acids is 2. The molecule has 10 nitrogen and oxygen atoms in total. The van der Waals surface area contributed by atoms with Gasteiger partial charge in [0, 0.05) is 6.54 Å². The van der Waals surface area contributed by atoms with E-state index >= 15 is 0 Å². The van der Waals surface area contributed by atoms with E-state index in [2.05, 4.69) is 15.8 Å². The number of anilines is 1. The van der Waals surface area contributed by atoms with Gasteiger partial charge in [-0.25, -0.2) is 4.79 Å². The predicted octanol–water partition coefficient (Wildman–Crippen LogP) is 1.35. The normalized spacial score (nSPS) is 28.9. The average Bonchev–Trinajstić information content (AvgIpc) is 3.51. The van der Waals surface area contributed by atoms with Gasteiger partial charge in [-0.05, 0) is 45.4 Å². The molecular weight excluding hydrogens is 404 g/mol. The van der Waals surface area contributed by atoms with Crippen molar-refractivity contribution in [2.45, 2.75) is 70.3 Å². The summed E-state index contributed by atoms with van der Waals surface area (Å²) in [6.45, 7) is 4.75. The molecule has 2 saturated heterocycles. The van der Waals surface area contributed by atoms with Crippen LogP contribution in [0.2, 0.25) is 0 Å². The highest BCUT2D eigenvalue weighted by Gasteiger charge is 2.40. The number of aliphatic hydroxyl groups is 1. The van der Waals surface area contributed by atoms with Crippen molar-refractivity contribution >= 4 is 17.6 Å². The molecular formula is C21H32N4O6. The number of nitrogens with zero attached hydrogens (tertiary/aromatic N) is 2. The van der Waals surface area contributed by atoms with Gasteiger partial charge >= 0.3 is 6.03 Å². The van der Waals surface area contributed by atoms with Crippen LogP contribution in [0.1, 0.15) is 43.6 Å². The molecule has 3 N–H and O–H groups in total. The van der Waals surface area contributed by atoms with Crippen LogP contribution in [0.25, 0.3) is 0 Å². The number of aliphatic hydroxyl groups excluding tert-OH is 1. The zero-order valence-corrected chi connectivity index (χ0v) is 18.1. The standard InChI is InChI=1S/C21H32N4O6/c1-12-20(13(2)31-24-12)23-21(28)25-9-15(26)10-29-11-18-17(25)6-5-16(30-18)7-19(27)22-8-14-3-4-14/h14-18,26H,3-11H2,1-2H3,(H,22,27)(H,23,28)/t15-,16-,17-,18+/m0/s1. The molecule has 172 valence electrons. The van der Waals surface area contributed by atoms with Crippen LogP contribution in [0.15, 0.2) is 4.52 Å². The zero-order chi connectivity index (χ0) is 22.0. The third kappa shape index (κ3) is 5.55. The minimum atomic E-state index is -0.790. The fourth-order valence-corrected chi connectivity index (χ4v) is 4.27. The van der Waals surface area contributed by atoms with Gasteiger partial charge in [0.1, 0.15) is 17.5 Å². The van der Waals surface area contributed by atoms with Gasteiger partial charge in [0.25, 0.3) is 0 Å². The molecule has 0 radical (unpaired) electrons. The Bertz CT molecular complexity index is 775. The molecule has 31 heavy (non-hydrogen) atoms. The van der Waals surface area contributed by atoms with Crippen molar-refractivity contribution in [3.05, 3.63) is 11.5 Å². The zero-order valence-electron chi connectivity index (χ0n) is 18.1. The van der Waals surface area contributed by atoms with E-state index in [9.17, 15) is 14.7 Å². The molecule has 3 amide bonds. The summed E-state index contributed by atoms with van der Waals surface area (Å²) in [6, 6.07) is -0.601. The Labute approximate surface area is 181 Å². The smallest absolute Gasteiger partial charge is 0.322 e. The number of nitrogens with one attached hydrogen (secondary N) is 2. The second kappa shape index (κ2) is 9.54. The molecule has 1 aromatic heterocycles. The molecule has 1 aliphatic carbocycles. The van der Waals surface area contributed by atoms with Crippen molar-refractivity contribution in [1.82, 2.24) is 15.4 Å². The van der Waals surface area contributed by atoms with Crippen LogP contribution >= 0.6 is 0 Å². The molecule has 0 aromatic carbocycles. The van der Waals surface area contributed by atoms with Crippen molar-refractivity contribution in [3.63, 3.8) is 0 Å². The summed E-state index contributed by atoms with van der Waals surface area (Å²) < 4.78 is 16.9. The SMILES string of the molecule is Cc1noc(C)c1NC(=O)N1C[C@H](O)COC[C@H]2O[C@H](CC(=O)NCC3CC3)CC[C@@H]21. The second-order valence-corrected chi connectivity index (χ2v) is 8.87. The summed E-state index contributed by atoms with van der Waals surface area (Å²) in [5.41, 5.74) is 1.13. The van der Waals surface area contributed by atoms with Gasteiger partial charge in [0.2, 0.25) is 5.91 Å². The van der Waals surface area contributed by atoms with Crippen LogP contribution in [0.3, 0.4) is 0 Å². The Morgan fingerprint density at radius 3 is 2.71 bits per heavy atom. The van der Waals surface area contributed by atoms with Gasteiger partial charge in [-0.3, -0.25) is 4.79 Å². The Morgan fingerprint density at radius 2 is 2.00 bits per heavy atom. The minimum Gasteiger partial charge on any atom is -0.389 e. The van der Waals surface area contributed by atoms with Crippen LogP contribution in [0.5, 0.6) is 0 Å². The summed E-state index contributed by atoms with van der Waals surface area (Å²) >= 11 is 0. The highest BCUT2D eigenvalue weighted by atomic mass is 16.5. The number of amides is 3. The number of β-amino-alcohol motifs (C(OH)–C–C–N with tert-alkyl or cyclic N) is 1.